The highest BCUT2D eigenvalue weighted by atomic mass is 16.5. The molecule has 0 saturated carbocycles. The zero-order chi connectivity index (χ0) is 16.8. The van der Waals surface area contributed by atoms with Crippen molar-refractivity contribution in [1.29, 1.82) is 0 Å². The molecule has 0 atom stereocenters. The highest BCUT2D eigenvalue weighted by Crippen LogP contribution is 2.18. The molecule has 3 rings (SSSR count). The largest absolute Gasteiger partial charge is 0.496 e. The van der Waals surface area contributed by atoms with E-state index in [9.17, 15) is 4.79 Å². The van der Waals surface area contributed by atoms with Gasteiger partial charge in [0, 0.05) is 37.1 Å². The molecule has 1 aromatic heterocycles. The summed E-state index contributed by atoms with van der Waals surface area (Å²) in [5.41, 5.74) is 2.34. The second-order valence-corrected chi connectivity index (χ2v) is 5.49. The fraction of sp³-hybridized carbons (Fsp3) is 0.333. The molecule has 0 unspecified atom stereocenters. The van der Waals surface area contributed by atoms with Gasteiger partial charge in [-0.3, -0.25) is 9.78 Å². The molecule has 1 aliphatic heterocycles. The van der Waals surface area contributed by atoms with Gasteiger partial charge in [-0.05, 0) is 18.2 Å². The summed E-state index contributed by atoms with van der Waals surface area (Å²) < 4.78 is 10.7. The third-order valence-electron chi connectivity index (χ3n) is 3.98. The normalized spacial score (nSPS) is 14.3. The van der Waals surface area contributed by atoms with Crippen molar-refractivity contribution < 1.29 is 14.3 Å². The molecule has 0 bridgehead atoms. The summed E-state index contributed by atoms with van der Waals surface area (Å²) >= 11 is 0. The van der Waals surface area contributed by atoms with E-state index in [0.29, 0.717) is 25.5 Å². The molecule has 0 spiro atoms. The minimum Gasteiger partial charge on any atom is -0.496 e. The Morgan fingerprint density at radius 3 is 2.88 bits per heavy atom. The van der Waals surface area contributed by atoms with Crippen LogP contribution in [-0.4, -0.2) is 44.3 Å². The quantitative estimate of drug-likeness (QED) is 0.908. The number of anilines is 1. The predicted molar refractivity (Wildman–Crippen MR) is 91.4 cm³/mol. The number of ether oxygens (including phenoxy) is 2. The third kappa shape index (κ3) is 3.83. The van der Waals surface area contributed by atoms with Crippen LogP contribution >= 0.6 is 0 Å². The Kier molecular flexibility index (Phi) is 5.28. The van der Waals surface area contributed by atoms with Crippen LogP contribution in [0, 0.1) is 0 Å². The van der Waals surface area contributed by atoms with Gasteiger partial charge in [0.05, 0.1) is 20.3 Å². The van der Waals surface area contributed by atoms with Crippen LogP contribution in [0.15, 0.2) is 42.6 Å². The Balaban J connectivity index is 1.66. The van der Waals surface area contributed by atoms with E-state index in [-0.39, 0.29) is 5.91 Å². The minimum atomic E-state index is -0.198. The van der Waals surface area contributed by atoms with Gasteiger partial charge in [0.25, 0.3) is 5.91 Å². The summed E-state index contributed by atoms with van der Waals surface area (Å²) in [6.45, 7) is 3.46. The van der Waals surface area contributed by atoms with Crippen LogP contribution in [0.2, 0.25) is 0 Å². The van der Waals surface area contributed by atoms with Crippen LogP contribution in [0.4, 0.5) is 5.69 Å². The summed E-state index contributed by atoms with van der Waals surface area (Å²) in [6.07, 6.45) is 1.67. The van der Waals surface area contributed by atoms with Crippen molar-refractivity contribution in [2.75, 3.05) is 38.3 Å². The van der Waals surface area contributed by atoms with Crippen molar-refractivity contribution in [1.82, 2.24) is 10.3 Å². The molecule has 24 heavy (non-hydrogen) atoms. The molecule has 0 aliphatic carbocycles. The van der Waals surface area contributed by atoms with Crippen molar-refractivity contribution >= 4 is 11.6 Å². The maximum atomic E-state index is 12.4. The number of methoxy groups -OCH3 is 1. The summed E-state index contributed by atoms with van der Waals surface area (Å²) in [7, 11) is 1.62. The van der Waals surface area contributed by atoms with Crippen molar-refractivity contribution in [2.45, 2.75) is 6.54 Å². The number of nitrogens with one attached hydrogen (secondary N) is 1. The molecule has 0 radical (unpaired) electrons. The predicted octanol–water partition coefficient (Wildman–Crippen LogP) is 1.86. The monoisotopic (exact) mass is 327 g/mol. The Labute approximate surface area is 141 Å². The Bertz CT molecular complexity index is 699. The van der Waals surface area contributed by atoms with E-state index in [1.54, 1.807) is 13.3 Å². The standard InChI is InChI=1S/C18H21N3O3/c1-23-17-5-3-2-4-14(17)13-20-18(22)16-12-15(6-7-19-16)21-8-10-24-11-9-21/h2-7,12H,8-11,13H2,1H3,(H,20,22). The molecule has 1 saturated heterocycles. The van der Waals surface area contributed by atoms with E-state index >= 15 is 0 Å². The summed E-state index contributed by atoms with van der Waals surface area (Å²) in [5, 5.41) is 2.90. The fourth-order valence-electron chi connectivity index (χ4n) is 2.68. The van der Waals surface area contributed by atoms with Gasteiger partial charge in [0.15, 0.2) is 0 Å². The number of aromatic nitrogens is 1. The number of carbonyl (C=O) groups excluding carboxylic acids is 1. The zero-order valence-corrected chi connectivity index (χ0v) is 13.7. The zero-order valence-electron chi connectivity index (χ0n) is 13.7. The van der Waals surface area contributed by atoms with Crippen LogP contribution in [0.1, 0.15) is 16.1 Å². The molecule has 126 valence electrons. The van der Waals surface area contributed by atoms with Crippen molar-refractivity contribution in [3.05, 3.63) is 53.9 Å². The topological polar surface area (TPSA) is 63.7 Å². The van der Waals surface area contributed by atoms with Crippen molar-refractivity contribution in [3.8, 4) is 5.75 Å². The number of morpholine rings is 1. The molecule has 6 heteroatoms. The molecule has 1 aliphatic rings. The number of carbonyl (C=O) groups is 1. The lowest BCUT2D eigenvalue weighted by Gasteiger charge is -2.28. The first-order valence-corrected chi connectivity index (χ1v) is 7.97. The molecule has 2 aromatic rings. The molecule has 1 N–H and O–H groups in total. The first-order valence-electron chi connectivity index (χ1n) is 7.97. The van der Waals surface area contributed by atoms with Gasteiger partial charge >= 0.3 is 0 Å². The van der Waals surface area contributed by atoms with Gasteiger partial charge in [-0.25, -0.2) is 0 Å². The van der Waals surface area contributed by atoms with E-state index in [2.05, 4.69) is 15.2 Å². The molecule has 1 amide bonds. The van der Waals surface area contributed by atoms with Gasteiger partial charge in [0.1, 0.15) is 11.4 Å². The number of para-hydroxylation sites is 1. The third-order valence-corrected chi connectivity index (χ3v) is 3.98. The summed E-state index contributed by atoms with van der Waals surface area (Å²) in [6, 6.07) is 11.4. The van der Waals surface area contributed by atoms with Crippen LogP contribution < -0.4 is 15.0 Å². The number of hydrogen-bond donors (Lipinski definition) is 1. The maximum Gasteiger partial charge on any atom is 0.270 e. The van der Waals surface area contributed by atoms with E-state index in [0.717, 1.165) is 30.1 Å². The summed E-state index contributed by atoms with van der Waals surface area (Å²) in [4.78, 5) is 18.8. The maximum absolute atomic E-state index is 12.4. The number of rotatable bonds is 5. The smallest absolute Gasteiger partial charge is 0.270 e. The van der Waals surface area contributed by atoms with E-state index < -0.39 is 0 Å². The Morgan fingerprint density at radius 1 is 1.29 bits per heavy atom. The SMILES string of the molecule is COc1ccccc1CNC(=O)c1cc(N2CCOCC2)ccn1. The van der Waals surface area contributed by atoms with Crippen LogP contribution in [-0.2, 0) is 11.3 Å². The van der Waals surface area contributed by atoms with Crippen molar-refractivity contribution in [3.63, 3.8) is 0 Å². The molecule has 2 heterocycles. The van der Waals surface area contributed by atoms with Gasteiger partial charge in [-0.1, -0.05) is 18.2 Å². The number of nitrogens with zero attached hydrogens (tertiary/aromatic N) is 2. The van der Waals surface area contributed by atoms with Gasteiger partial charge < -0.3 is 19.7 Å². The lowest BCUT2D eigenvalue weighted by molar-refractivity contribution is 0.0945. The van der Waals surface area contributed by atoms with E-state index in [1.807, 2.05) is 36.4 Å². The molecular formula is C18H21N3O3. The second kappa shape index (κ2) is 7.79. The lowest BCUT2D eigenvalue weighted by Crippen LogP contribution is -2.36. The fourth-order valence-corrected chi connectivity index (χ4v) is 2.68. The van der Waals surface area contributed by atoms with Crippen LogP contribution in [0.5, 0.6) is 5.75 Å². The highest BCUT2D eigenvalue weighted by molar-refractivity contribution is 5.93. The average Bonchev–Trinajstić information content (AvgIpc) is 2.67. The number of hydrogen-bond acceptors (Lipinski definition) is 5. The van der Waals surface area contributed by atoms with Gasteiger partial charge in [-0.15, -0.1) is 0 Å². The molecule has 1 aromatic carbocycles. The molecule has 6 nitrogen and oxygen atoms in total. The van der Waals surface area contributed by atoms with E-state index in [1.165, 1.54) is 0 Å². The molecule has 1 fully saturated rings. The minimum absolute atomic E-state index is 0.198. The molecular weight excluding hydrogens is 306 g/mol. The van der Waals surface area contributed by atoms with Crippen LogP contribution in [0.25, 0.3) is 0 Å². The lowest BCUT2D eigenvalue weighted by atomic mass is 10.2. The summed E-state index contributed by atoms with van der Waals surface area (Å²) in [5.74, 6) is 0.559. The van der Waals surface area contributed by atoms with Crippen LogP contribution in [0.3, 0.4) is 0 Å². The average molecular weight is 327 g/mol. The van der Waals surface area contributed by atoms with Gasteiger partial charge in [-0.2, -0.15) is 0 Å². The number of benzene rings is 1. The second-order valence-electron chi connectivity index (χ2n) is 5.49. The van der Waals surface area contributed by atoms with Crippen molar-refractivity contribution in [2.24, 2.45) is 0 Å². The Morgan fingerprint density at radius 2 is 2.08 bits per heavy atom. The first-order chi connectivity index (χ1) is 11.8. The number of pyridine rings is 1. The van der Waals surface area contributed by atoms with Gasteiger partial charge in [0.2, 0.25) is 0 Å². The highest BCUT2D eigenvalue weighted by Gasteiger charge is 2.14. The first kappa shape index (κ1) is 16.3. The number of amides is 1. The Hall–Kier alpha value is -2.60. The van der Waals surface area contributed by atoms with E-state index in [4.69, 9.17) is 9.47 Å².